The van der Waals surface area contributed by atoms with Crippen molar-refractivity contribution >= 4 is 0 Å². The van der Waals surface area contributed by atoms with E-state index in [0.717, 1.165) is 18.3 Å². The molecule has 0 amide bonds. The summed E-state index contributed by atoms with van der Waals surface area (Å²) in [6, 6.07) is 9.33. The molecule has 1 saturated carbocycles. The molecule has 1 N–H and O–H groups in total. The first-order valence-corrected chi connectivity index (χ1v) is 7.93. The molecule has 2 rings (SSSR count). The van der Waals surface area contributed by atoms with Crippen LogP contribution in [0.5, 0.6) is 0 Å². The Balaban J connectivity index is 1.73. The first-order valence-electron chi connectivity index (χ1n) is 7.93. The lowest BCUT2D eigenvalue weighted by Crippen LogP contribution is -2.34. The second-order valence-corrected chi connectivity index (χ2v) is 6.57. The van der Waals surface area contributed by atoms with Crippen LogP contribution in [0.1, 0.15) is 50.7 Å². The minimum atomic E-state index is 0.584. The lowest BCUT2D eigenvalue weighted by molar-refractivity contribution is 0.275. The Morgan fingerprint density at radius 2 is 1.84 bits per heavy atom. The van der Waals surface area contributed by atoms with Gasteiger partial charge >= 0.3 is 0 Å². The minimum Gasteiger partial charge on any atom is -0.314 e. The largest absolute Gasteiger partial charge is 0.314 e. The highest BCUT2D eigenvalue weighted by molar-refractivity contribution is 5.26. The van der Waals surface area contributed by atoms with Crippen molar-refractivity contribution in [1.29, 1.82) is 0 Å². The third-order valence-electron chi connectivity index (χ3n) is 4.68. The molecular weight excluding hydrogens is 230 g/mol. The van der Waals surface area contributed by atoms with Crippen molar-refractivity contribution in [1.82, 2.24) is 5.32 Å². The Kier molecular flexibility index (Phi) is 5.45. The Morgan fingerprint density at radius 1 is 1.16 bits per heavy atom. The zero-order chi connectivity index (χ0) is 13.7. The molecule has 0 aliphatic heterocycles. The third-order valence-corrected chi connectivity index (χ3v) is 4.68. The Morgan fingerprint density at radius 3 is 2.53 bits per heavy atom. The van der Waals surface area contributed by atoms with Crippen molar-refractivity contribution in [2.24, 2.45) is 11.8 Å². The Hall–Kier alpha value is -0.820. The standard InChI is InChI=1S/C18H29N/c1-14-8-10-17(11-9-14)13-19-16(3)12-18-7-5-4-6-15(18)2/h4-7,14,16-17,19H,8-13H2,1-3H3. The van der Waals surface area contributed by atoms with E-state index in [4.69, 9.17) is 0 Å². The molecule has 1 heteroatoms. The monoisotopic (exact) mass is 259 g/mol. The van der Waals surface area contributed by atoms with Gasteiger partial charge in [-0.1, -0.05) is 44.0 Å². The smallest absolute Gasteiger partial charge is 0.00793 e. The number of benzene rings is 1. The number of rotatable bonds is 5. The Bertz CT molecular complexity index is 377. The van der Waals surface area contributed by atoms with Crippen LogP contribution in [0.3, 0.4) is 0 Å². The molecule has 0 bridgehead atoms. The molecule has 0 saturated heterocycles. The van der Waals surface area contributed by atoms with E-state index in [1.54, 1.807) is 0 Å². The highest BCUT2D eigenvalue weighted by Crippen LogP contribution is 2.27. The van der Waals surface area contributed by atoms with Crippen LogP contribution in [0.2, 0.25) is 0 Å². The average molecular weight is 259 g/mol. The molecule has 19 heavy (non-hydrogen) atoms. The van der Waals surface area contributed by atoms with Gasteiger partial charge in [0.05, 0.1) is 0 Å². The molecular formula is C18H29N. The van der Waals surface area contributed by atoms with Crippen LogP contribution in [-0.4, -0.2) is 12.6 Å². The summed E-state index contributed by atoms with van der Waals surface area (Å²) >= 11 is 0. The van der Waals surface area contributed by atoms with Crippen molar-refractivity contribution in [2.75, 3.05) is 6.54 Å². The van der Waals surface area contributed by atoms with Gasteiger partial charge in [0, 0.05) is 6.04 Å². The van der Waals surface area contributed by atoms with Gasteiger partial charge in [0.25, 0.3) is 0 Å². The maximum absolute atomic E-state index is 3.74. The third kappa shape index (κ3) is 4.65. The summed E-state index contributed by atoms with van der Waals surface area (Å²) in [5.41, 5.74) is 2.91. The van der Waals surface area contributed by atoms with Crippen LogP contribution in [0.4, 0.5) is 0 Å². The van der Waals surface area contributed by atoms with Crippen molar-refractivity contribution in [2.45, 2.75) is 58.9 Å². The molecule has 0 heterocycles. The molecule has 1 aromatic carbocycles. The van der Waals surface area contributed by atoms with Crippen LogP contribution >= 0.6 is 0 Å². The van der Waals surface area contributed by atoms with Gasteiger partial charge in [0.1, 0.15) is 0 Å². The van der Waals surface area contributed by atoms with Crippen LogP contribution in [0, 0.1) is 18.8 Å². The number of hydrogen-bond acceptors (Lipinski definition) is 1. The predicted octanol–water partition coefficient (Wildman–Crippen LogP) is 4.34. The highest BCUT2D eigenvalue weighted by atomic mass is 14.9. The number of nitrogens with one attached hydrogen (secondary N) is 1. The van der Waals surface area contributed by atoms with Crippen LogP contribution in [-0.2, 0) is 6.42 Å². The zero-order valence-electron chi connectivity index (χ0n) is 12.8. The number of hydrogen-bond donors (Lipinski definition) is 1. The fraction of sp³-hybridized carbons (Fsp3) is 0.667. The van der Waals surface area contributed by atoms with Crippen LogP contribution in [0.15, 0.2) is 24.3 Å². The zero-order valence-corrected chi connectivity index (χ0v) is 12.8. The molecule has 0 spiro atoms. The summed E-state index contributed by atoms with van der Waals surface area (Å²) in [4.78, 5) is 0. The van der Waals surface area contributed by atoms with Crippen molar-refractivity contribution in [3.8, 4) is 0 Å². The van der Waals surface area contributed by atoms with E-state index in [0.29, 0.717) is 6.04 Å². The predicted molar refractivity (Wildman–Crippen MR) is 83.5 cm³/mol. The van der Waals surface area contributed by atoms with Gasteiger partial charge in [-0.3, -0.25) is 0 Å². The van der Waals surface area contributed by atoms with Crippen LogP contribution < -0.4 is 5.32 Å². The van der Waals surface area contributed by atoms with Gasteiger partial charge in [0.15, 0.2) is 0 Å². The molecule has 0 aromatic heterocycles. The first-order chi connectivity index (χ1) is 9.15. The van der Waals surface area contributed by atoms with Crippen molar-refractivity contribution < 1.29 is 0 Å². The normalized spacial score (nSPS) is 25.2. The van der Waals surface area contributed by atoms with E-state index in [1.165, 1.54) is 43.4 Å². The summed E-state index contributed by atoms with van der Waals surface area (Å²) in [6.45, 7) is 8.13. The topological polar surface area (TPSA) is 12.0 Å². The van der Waals surface area contributed by atoms with E-state index in [2.05, 4.69) is 50.4 Å². The second-order valence-electron chi connectivity index (χ2n) is 6.57. The minimum absolute atomic E-state index is 0.584. The molecule has 1 fully saturated rings. The molecule has 1 aliphatic carbocycles. The fourth-order valence-electron chi connectivity index (χ4n) is 3.14. The summed E-state index contributed by atoms with van der Waals surface area (Å²) in [6.07, 6.45) is 6.85. The maximum atomic E-state index is 3.74. The number of aryl methyl sites for hydroxylation is 1. The van der Waals surface area contributed by atoms with Crippen molar-refractivity contribution in [3.63, 3.8) is 0 Å². The molecule has 106 valence electrons. The van der Waals surface area contributed by atoms with E-state index >= 15 is 0 Å². The van der Waals surface area contributed by atoms with E-state index in [9.17, 15) is 0 Å². The summed E-state index contributed by atoms with van der Waals surface area (Å²) in [7, 11) is 0. The first kappa shape index (κ1) is 14.6. The van der Waals surface area contributed by atoms with E-state index in [-0.39, 0.29) is 0 Å². The van der Waals surface area contributed by atoms with E-state index < -0.39 is 0 Å². The lowest BCUT2D eigenvalue weighted by atomic mass is 9.83. The van der Waals surface area contributed by atoms with Gasteiger partial charge in [0.2, 0.25) is 0 Å². The molecule has 1 unspecified atom stereocenters. The quantitative estimate of drug-likeness (QED) is 0.829. The average Bonchev–Trinajstić information content (AvgIpc) is 2.41. The van der Waals surface area contributed by atoms with Gasteiger partial charge in [-0.05, 0) is 62.6 Å². The summed E-state index contributed by atoms with van der Waals surface area (Å²) < 4.78 is 0. The molecule has 0 radical (unpaired) electrons. The van der Waals surface area contributed by atoms with Gasteiger partial charge in [-0.15, -0.1) is 0 Å². The van der Waals surface area contributed by atoms with Gasteiger partial charge in [-0.25, -0.2) is 0 Å². The molecule has 1 atom stereocenters. The summed E-state index contributed by atoms with van der Waals surface area (Å²) in [5, 5.41) is 3.74. The molecule has 1 aromatic rings. The second kappa shape index (κ2) is 7.09. The summed E-state index contributed by atoms with van der Waals surface area (Å²) in [5.74, 6) is 1.87. The van der Waals surface area contributed by atoms with E-state index in [1.807, 2.05) is 0 Å². The Labute approximate surface area is 118 Å². The van der Waals surface area contributed by atoms with Crippen molar-refractivity contribution in [3.05, 3.63) is 35.4 Å². The van der Waals surface area contributed by atoms with Gasteiger partial charge in [-0.2, -0.15) is 0 Å². The van der Waals surface area contributed by atoms with Crippen LogP contribution in [0.25, 0.3) is 0 Å². The maximum Gasteiger partial charge on any atom is 0.00793 e. The lowest BCUT2D eigenvalue weighted by Gasteiger charge is -2.27. The van der Waals surface area contributed by atoms with Gasteiger partial charge < -0.3 is 5.32 Å². The SMILES string of the molecule is Cc1ccccc1CC(C)NCC1CCC(C)CC1. The fourth-order valence-corrected chi connectivity index (χ4v) is 3.14. The molecule has 1 aliphatic rings. The highest BCUT2D eigenvalue weighted by Gasteiger charge is 2.18. The molecule has 1 nitrogen and oxygen atoms in total.